The van der Waals surface area contributed by atoms with Crippen LogP contribution in [0.1, 0.15) is 6.92 Å². The van der Waals surface area contributed by atoms with Gasteiger partial charge in [-0.2, -0.15) is 0 Å². The van der Waals surface area contributed by atoms with Gasteiger partial charge in [0.2, 0.25) is 5.91 Å². The Bertz CT molecular complexity index is 281. The highest BCUT2D eigenvalue weighted by Crippen LogP contribution is 2.06. The first kappa shape index (κ1) is 11.7. The Kier molecular flexibility index (Phi) is 4.84. The summed E-state index contributed by atoms with van der Waals surface area (Å²) in [6.45, 7) is 7.04. The van der Waals surface area contributed by atoms with Crippen LogP contribution in [0.15, 0.2) is 37.0 Å². The average Bonchev–Trinajstić information content (AvgIpc) is 2.21. The summed E-state index contributed by atoms with van der Waals surface area (Å²) in [6, 6.07) is 0.166. The zero-order valence-corrected chi connectivity index (χ0v) is 9.06. The summed E-state index contributed by atoms with van der Waals surface area (Å²) < 4.78 is 5.13. The van der Waals surface area contributed by atoms with Crippen LogP contribution in [0, 0.1) is 0 Å². The summed E-state index contributed by atoms with van der Waals surface area (Å²) in [5.41, 5.74) is 0. The van der Waals surface area contributed by atoms with Crippen LogP contribution in [0.5, 0.6) is 0 Å². The number of hydrogen-bond donors (Lipinski definition) is 0. The monoisotopic (exact) mass is 207 g/mol. The maximum Gasteiger partial charge on any atom is 0.249 e. The summed E-state index contributed by atoms with van der Waals surface area (Å²) in [7, 11) is 0. The van der Waals surface area contributed by atoms with Gasteiger partial charge in [-0.1, -0.05) is 37.0 Å². The van der Waals surface area contributed by atoms with Crippen molar-refractivity contribution in [3.8, 4) is 0 Å². The van der Waals surface area contributed by atoms with Crippen molar-refractivity contribution in [1.29, 1.82) is 0 Å². The van der Waals surface area contributed by atoms with Gasteiger partial charge in [0, 0.05) is 6.54 Å². The average molecular weight is 207 g/mol. The highest BCUT2D eigenvalue weighted by Gasteiger charge is 2.23. The number of carbonyl (C=O) groups excluding carboxylic acids is 1. The van der Waals surface area contributed by atoms with Crippen molar-refractivity contribution >= 4 is 5.91 Å². The Hall–Kier alpha value is -1.35. The number of allylic oxidation sites excluding steroid dienone is 4. The fourth-order valence-corrected chi connectivity index (χ4v) is 1.41. The molecule has 0 spiro atoms. The summed E-state index contributed by atoms with van der Waals surface area (Å²) in [5.74, 6) is 0.0612. The molecular formula is C12H17NO2. The van der Waals surface area contributed by atoms with E-state index in [-0.39, 0.29) is 18.6 Å². The number of ether oxygens (including phenoxy) is 1. The van der Waals surface area contributed by atoms with Crippen LogP contribution in [0.25, 0.3) is 0 Å². The Morgan fingerprint density at radius 3 is 3.00 bits per heavy atom. The number of rotatable bonds is 4. The Morgan fingerprint density at radius 2 is 2.33 bits per heavy atom. The molecule has 0 radical (unpaired) electrons. The fraction of sp³-hybridized carbons (Fsp3) is 0.417. The predicted molar refractivity (Wildman–Crippen MR) is 60.5 cm³/mol. The number of amides is 1. The van der Waals surface area contributed by atoms with Gasteiger partial charge in [-0.05, 0) is 6.92 Å². The van der Waals surface area contributed by atoms with E-state index in [1.807, 2.05) is 36.1 Å². The molecule has 1 amide bonds. The zero-order chi connectivity index (χ0) is 11.1. The molecule has 1 aliphatic rings. The van der Waals surface area contributed by atoms with E-state index in [0.717, 1.165) is 0 Å². The van der Waals surface area contributed by atoms with Crippen LogP contribution < -0.4 is 0 Å². The van der Waals surface area contributed by atoms with Crippen molar-refractivity contribution in [2.75, 3.05) is 19.8 Å². The van der Waals surface area contributed by atoms with Crippen molar-refractivity contribution in [2.45, 2.75) is 13.0 Å². The van der Waals surface area contributed by atoms with E-state index in [1.54, 1.807) is 6.08 Å². The van der Waals surface area contributed by atoms with Crippen LogP contribution in [0.4, 0.5) is 0 Å². The lowest BCUT2D eigenvalue weighted by Crippen LogP contribution is -2.47. The Labute approximate surface area is 90.7 Å². The maximum absolute atomic E-state index is 11.5. The minimum atomic E-state index is 0.0612. The normalized spacial score (nSPS) is 22.9. The molecule has 0 aromatic heterocycles. The van der Waals surface area contributed by atoms with Crippen molar-refractivity contribution in [1.82, 2.24) is 4.90 Å². The summed E-state index contributed by atoms with van der Waals surface area (Å²) >= 11 is 0. The third kappa shape index (κ3) is 3.72. The molecule has 0 aromatic rings. The van der Waals surface area contributed by atoms with E-state index in [0.29, 0.717) is 13.2 Å². The van der Waals surface area contributed by atoms with Crippen LogP contribution in [-0.2, 0) is 9.53 Å². The SMILES string of the molecule is C=C/C=C\C=C\CN1C(=O)COCC1C. The van der Waals surface area contributed by atoms with Gasteiger partial charge < -0.3 is 9.64 Å². The van der Waals surface area contributed by atoms with Crippen molar-refractivity contribution in [2.24, 2.45) is 0 Å². The first-order valence-corrected chi connectivity index (χ1v) is 5.07. The first-order chi connectivity index (χ1) is 7.25. The highest BCUT2D eigenvalue weighted by atomic mass is 16.5. The lowest BCUT2D eigenvalue weighted by atomic mass is 10.2. The van der Waals surface area contributed by atoms with E-state index in [9.17, 15) is 4.79 Å². The van der Waals surface area contributed by atoms with E-state index in [2.05, 4.69) is 6.58 Å². The van der Waals surface area contributed by atoms with Gasteiger partial charge in [0.1, 0.15) is 6.61 Å². The third-order valence-corrected chi connectivity index (χ3v) is 2.23. The minimum absolute atomic E-state index is 0.0612. The molecule has 3 heteroatoms. The van der Waals surface area contributed by atoms with Gasteiger partial charge in [0.05, 0.1) is 12.6 Å². The van der Waals surface area contributed by atoms with Gasteiger partial charge in [-0.15, -0.1) is 0 Å². The van der Waals surface area contributed by atoms with E-state index >= 15 is 0 Å². The van der Waals surface area contributed by atoms with Gasteiger partial charge >= 0.3 is 0 Å². The molecule has 15 heavy (non-hydrogen) atoms. The molecule has 1 rings (SSSR count). The lowest BCUT2D eigenvalue weighted by molar-refractivity contribution is -0.146. The zero-order valence-electron chi connectivity index (χ0n) is 9.06. The Balaban J connectivity index is 2.41. The topological polar surface area (TPSA) is 29.5 Å². The number of morpholine rings is 1. The van der Waals surface area contributed by atoms with Gasteiger partial charge in [-0.3, -0.25) is 4.79 Å². The summed E-state index contributed by atoms with van der Waals surface area (Å²) in [6.07, 6.45) is 9.33. The van der Waals surface area contributed by atoms with Crippen molar-refractivity contribution < 1.29 is 9.53 Å². The van der Waals surface area contributed by atoms with Crippen LogP contribution in [0.3, 0.4) is 0 Å². The second-order valence-electron chi connectivity index (χ2n) is 3.46. The molecule has 1 heterocycles. The second kappa shape index (κ2) is 6.19. The van der Waals surface area contributed by atoms with E-state index < -0.39 is 0 Å². The summed E-state index contributed by atoms with van der Waals surface area (Å²) in [5, 5.41) is 0. The van der Waals surface area contributed by atoms with Crippen LogP contribution >= 0.6 is 0 Å². The molecule has 0 bridgehead atoms. The van der Waals surface area contributed by atoms with Gasteiger partial charge in [0.25, 0.3) is 0 Å². The quantitative estimate of drug-likeness (QED) is 0.654. The number of carbonyl (C=O) groups is 1. The molecule has 3 nitrogen and oxygen atoms in total. The highest BCUT2D eigenvalue weighted by molar-refractivity contribution is 5.78. The van der Waals surface area contributed by atoms with Crippen molar-refractivity contribution in [3.63, 3.8) is 0 Å². The van der Waals surface area contributed by atoms with Gasteiger partial charge in [-0.25, -0.2) is 0 Å². The van der Waals surface area contributed by atoms with Crippen molar-refractivity contribution in [3.05, 3.63) is 37.0 Å². The van der Waals surface area contributed by atoms with E-state index in [1.165, 1.54) is 0 Å². The molecule has 1 atom stereocenters. The summed E-state index contributed by atoms with van der Waals surface area (Å²) in [4.78, 5) is 13.3. The predicted octanol–water partition coefficient (Wildman–Crippen LogP) is 1.53. The second-order valence-corrected chi connectivity index (χ2v) is 3.46. The number of nitrogens with zero attached hydrogens (tertiary/aromatic N) is 1. The largest absolute Gasteiger partial charge is 0.370 e. The molecule has 0 saturated carbocycles. The smallest absolute Gasteiger partial charge is 0.249 e. The third-order valence-electron chi connectivity index (χ3n) is 2.23. The van der Waals surface area contributed by atoms with Crippen LogP contribution in [-0.4, -0.2) is 36.6 Å². The van der Waals surface area contributed by atoms with Crippen LogP contribution in [0.2, 0.25) is 0 Å². The first-order valence-electron chi connectivity index (χ1n) is 5.07. The molecule has 1 fully saturated rings. The molecule has 0 N–H and O–H groups in total. The fourth-order valence-electron chi connectivity index (χ4n) is 1.41. The molecule has 1 aliphatic heterocycles. The molecule has 0 aliphatic carbocycles. The standard InChI is InChI=1S/C12H17NO2/c1-3-4-5-6-7-8-13-11(2)9-15-10-12(13)14/h3-7,11H,1,8-10H2,2H3/b5-4-,7-6+. The maximum atomic E-state index is 11.5. The van der Waals surface area contributed by atoms with E-state index in [4.69, 9.17) is 4.74 Å². The number of hydrogen-bond acceptors (Lipinski definition) is 2. The molecular weight excluding hydrogens is 190 g/mol. The Morgan fingerprint density at radius 1 is 1.53 bits per heavy atom. The lowest BCUT2D eigenvalue weighted by Gasteiger charge is -2.32. The molecule has 82 valence electrons. The molecule has 1 unspecified atom stereocenters. The minimum Gasteiger partial charge on any atom is -0.370 e. The molecule has 0 aromatic carbocycles. The molecule has 1 saturated heterocycles. The van der Waals surface area contributed by atoms with Gasteiger partial charge in [0.15, 0.2) is 0 Å².